The van der Waals surface area contributed by atoms with Gasteiger partial charge in [-0.1, -0.05) is 6.07 Å². The Morgan fingerprint density at radius 2 is 2.20 bits per heavy atom. The number of benzene rings is 1. The average Bonchev–Trinajstić information content (AvgIpc) is 3.31. The molecule has 130 valence electrons. The highest BCUT2D eigenvalue weighted by atomic mass is 32.1. The van der Waals surface area contributed by atoms with E-state index in [2.05, 4.69) is 21.7 Å². The summed E-state index contributed by atoms with van der Waals surface area (Å²) in [5.74, 6) is 0.532. The Hall–Kier alpha value is -2.25. The maximum atomic E-state index is 12.5. The third-order valence-corrected chi connectivity index (χ3v) is 5.87. The van der Waals surface area contributed by atoms with E-state index in [-0.39, 0.29) is 11.6 Å². The van der Waals surface area contributed by atoms with Crippen LogP contribution in [0.1, 0.15) is 29.3 Å². The van der Waals surface area contributed by atoms with E-state index in [1.54, 1.807) is 12.1 Å². The molecule has 1 fully saturated rings. The molecule has 1 aromatic carbocycles. The highest BCUT2D eigenvalue weighted by Gasteiger charge is 2.40. The van der Waals surface area contributed by atoms with Gasteiger partial charge < -0.3 is 5.32 Å². The van der Waals surface area contributed by atoms with Gasteiger partial charge in [-0.05, 0) is 48.3 Å². The van der Waals surface area contributed by atoms with Crippen LogP contribution in [0.5, 0.6) is 0 Å². The van der Waals surface area contributed by atoms with Gasteiger partial charge in [0.25, 0.3) is 5.69 Å². The first-order chi connectivity index (χ1) is 12.1. The van der Waals surface area contributed by atoms with Crippen LogP contribution in [0.4, 0.5) is 11.4 Å². The van der Waals surface area contributed by atoms with Crippen molar-refractivity contribution in [3.05, 3.63) is 56.3 Å². The van der Waals surface area contributed by atoms with Crippen molar-refractivity contribution >= 4 is 28.6 Å². The van der Waals surface area contributed by atoms with Crippen molar-refractivity contribution in [2.24, 2.45) is 5.92 Å². The predicted molar refractivity (Wildman–Crippen MR) is 96.8 cm³/mol. The monoisotopic (exact) mass is 357 g/mol. The number of carbonyl (C=O) groups is 1. The zero-order valence-electron chi connectivity index (χ0n) is 13.7. The van der Waals surface area contributed by atoms with Crippen LogP contribution in [0.2, 0.25) is 0 Å². The van der Waals surface area contributed by atoms with Crippen LogP contribution in [0.3, 0.4) is 0 Å². The van der Waals surface area contributed by atoms with E-state index >= 15 is 0 Å². The number of carbonyl (C=O) groups excluding carboxylic acids is 1. The lowest BCUT2D eigenvalue weighted by molar-refractivity contribution is -0.384. The molecule has 1 N–H and O–H groups in total. The molecule has 1 aromatic heterocycles. The molecule has 1 atom stereocenters. The predicted octanol–water partition coefficient (Wildman–Crippen LogP) is 3.60. The first-order valence-corrected chi connectivity index (χ1v) is 9.34. The van der Waals surface area contributed by atoms with Crippen molar-refractivity contribution in [1.82, 2.24) is 4.90 Å². The van der Waals surface area contributed by atoms with Crippen LogP contribution in [0.15, 0.2) is 35.7 Å². The van der Waals surface area contributed by atoms with E-state index in [1.165, 1.54) is 35.4 Å². The molecule has 1 saturated carbocycles. The van der Waals surface area contributed by atoms with Crippen LogP contribution in [-0.4, -0.2) is 28.8 Å². The minimum Gasteiger partial charge on any atom is -0.325 e. The maximum absolute atomic E-state index is 12.5. The minimum absolute atomic E-state index is 0.0189. The van der Waals surface area contributed by atoms with E-state index in [0.29, 0.717) is 24.2 Å². The molecule has 25 heavy (non-hydrogen) atoms. The van der Waals surface area contributed by atoms with Gasteiger partial charge in [0.05, 0.1) is 11.5 Å². The summed E-state index contributed by atoms with van der Waals surface area (Å²) in [5.41, 5.74) is 1.84. The molecule has 4 rings (SSSR count). The van der Waals surface area contributed by atoms with Gasteiger partial charge in [0.15, 0.2) is 0 Å². The van der Waals surface area contributed by atoms with Gasteiger partial charge in [-0.3, -0.25) is 19.8 Å². The number of nitrogens with zero attached hydrogens (tertiary/aromatic N) is 2. The number of fused-ring (bicyclic) bond motifs is 1. The van der Waals surface area contributed by atoms with Gasteiger partial charge in [0.2, 0.25) is 5.91 Å². The molecular weight excluding hydrogens is 338 g/mol. The quantitative estimate of drug-likeness (QED) is 0.655. The summed E-state index contributed by atoms with van der Waals surface area (Å²) in [5, 5.41) is 15.8. The fourth-order valence-electron chi connectivity index (χ4n) is 3.62. The maximum Gasteiger partial charge on any atom is 0.271 e. The number of nitrogens with one attached hydrogen (secondary N) is 1. The molecule has 0 radical (unpaired) electrons. The number of amides is 1. The van der Waals surface area contributed by atoms with E-state index in [0.717, 1.165) is 13.0 Å². The third-order valence-electron chi connectivity index (χ3n) is 4.87. The number of hydrogen-bond acceptors (Lipinski definition) is 5. The lowest BCUT2D eigenvalue weighted by Crippen LogP contribution is -2.41. The lowest BCUT2D eigenvalue weighted by Gasteiger charge is -2.35. The molecule has 2 aromatic rings. The normalized spacial score (nSPS) is 20.1. The highest BCUT2D eigenvalue weighted by Crippen LogP contribution is 2.48. The van der Waals surface area contributed by atoms with Crippen molar-refractivity contribution in [2.75, 3.05) is 18.4 Å². The molecule has 2 heterocycles. The molecule has 2 aliphatic rings. The zero-order valence-corrected chi connectivity index (χ0v) is 14.5. The summed E-state index contributed by atoms with van der Waals surface area (Å²) in [6, 6.07) is 8.61. The second-order valence-corrected chi connectivity index (χ2v) is 7.66. The van der Waals surface area contributed by atoms with Crippen molar-refractivity contribution in [3.63, 3.8) is 0 Å². The Morgan fingerprint density at radius 1 is 1.36 bits per heavy atom. The molecule has 7 heteroatoms. The third kappa shape index (κ3) is 3.43. The first-order valence-electron chi connectivity index (χ1n) is 8.46. The largest absolute Gasteiger partial charge is 0.325 e. The van der Waals surface area contributed by atoms with E-state index in [9.17, 15) is 14.9 Å². The van der Waals surface area contributed by atoms with Gasteiger partial charge >= 0.3 is 0 Å². The number of hydrogen-bond donors (Lipinski definition) is 1. The second-order valence-electron chi connectivity index (χ2n) is 6.66. The Kier molecular flexibility index (Phi) is 4.27. The molecule has 0 saturated heterocycles. The topological polar surface area (TPSA) is 75.5 Å². The van der Waals surface area contributed by atoms with Gasteiger partial charge in [-0.2, -0.15) is 0 Å². The van der Waals surface area contributed by atoms with Crippen molar-refractivity contribution < 1.29 is 9.72 Å². The van der Waals surface area contributed by atoms with Crippen molar-refractivity contribution in [3.8, 4) is 0 Å². The van der Waals surface area contributed by atoms with Gasteiger partial charge in [-0.25, -0.2) is 0 Å². The van der Waals surface area contributed by atoms with Crippen LogP contribution in [-0.2, 0) is 11.2 Å². The molecular formula is C18H19N3O3S. The SMILES string of the molecule is O=C(CN1CCc2sccc2[C@@H]1C1CC1)Nc1cccc([N+](=O)[O-])c1. The summed E-state index contributed by atoms with van der Waals surface area (Å²) < 4.78 is 0. The van der Waals surface area contributed by atoms with Gasteiger partial charge in [0, 0.05) is 35.3 Å². The number of anilines is 1. The van der Waals surface area contributed by atoms with Crippen LogP contribution in [0, 0.1) is 16.0 Å². The number of non-ortho nitro benzene ring substituents is 1. The molecule has 1 aliphatic heterocycles. The molecule has 1 amide bonds. The van der Waals surface area contributed by atoms with E-state index in [1.807, 2.05) is 11.3 Å². The Morgan fingerprint density at radius 3 is 2.96 bits per heavy atom. The van der Waals surface area contributed by atoms with Gasteiger partial charge in [0.1, 0.15) is 0 Å². The smallest absolute Gasteiger partial charge is 0.271 e. The second kappa shape index (κ2) is 6.57. The molecule has 0 spiro atoms. The molecule has 0 bridgehead atoms. The number of nitro benzene ring substituents is 1. The Bertz CT molecular complexity index is 815. The molecule has 0 unspecified atom stereocenters. The fourth-order valence-corrected chi connectivity index (χ4v) is 4.53. The van der Waals surface area contributed by atoms with E-state index in [4.69, 9.17) is 0 Å². The minimum atomic E-state index is -0.457. The van der Waals surface area contributed by atoms with Crippen LogP contribution < -0.4 is 5.32 Å². The summed E-state index contributed by atoms with van der Waals surface area (Å²) in [4.78, 5) is 26.6. The standard InChI is InChI=1S/C18H19N3O3S/c22-17(19-13-2-1-3-14(10-13)21(23)24)11-20-8-6-16-15(7-9-25-16)18(20)12-4-5-12/h1-3,7,9-10,12,18H,4-6,8,11H2,(H,19,22)/t18-/m0/s1. The highest BCUT2D eigenvalue weighted by molar-refractivity contribution is 7.10. The summed E-state index contributed by atoms with van der Waals surface area (Å²) in [6.45, 7) is 1.20. The summed E-state index contributed by atoms with van der Waals surface area (Å²) in [6.07, 6.45) is 3.44. The molecule has 6 nitrogen and oxygen atoms in total. The average molecular weight is 357 g/mol. The number of nitro groups is 1. The van der Waals surface area contributed by atoms with Crippen LogP contribution in [0.25, 0.3) is 0 Å². The Balaban J connectivity index is 1.45. The van der Waals surface area contributed by atoms with Crippen LogP contribution >= 0.6 is 11.3 Å². The van der Waals surface area contributed by atoms with Gasteiger partial charge in [-0.15, -0.1) is 11.3 Å². The lowest BCUT2D eigenvalue weighted by atomic mass is 9.96. The summed E-state index contributed by atoms with van der Waals surface area (Å²) >= 11 is 1.81. The number of rotatable bonds is 5. The van der Waals surface area contributed by atoms with E-state index < -0.39 is 4.92 Å². The van der Waals surface area contributed by atoms with Crippen molar-refractivity contribution in [1.29, 1.82) is 0 Å². The Labute approximate surface area is 149 Å². The zero-order chi connectivity index (χ0) is 17.4. The molecule has 1 aliphatic carbocycles. The first kappa shape index (κ1) is 16.2. The van der Waals surface area contributed by atoms with Crippen molar-refractivity contribution in [2.45, 2.75) is 25.3 Å². The fraction of sp³-hybridized carbons (Fsp3) is 0.389. The summed E-state index contributed by atoms with van der Waals surface area (Å²) in [7, 11) is 0. The number of thiophene rings is 1.